The summed E-state index contributed by atoms with van der Waals surface area (Å²) in [4.78, 5) is 14.9. The van der Waals surface area contributed by atoms with Crippen molar-refractivity contribution in [1.29, 1.82) is 0 Å². The van der Waals surface area contributed by atoms with E-state index < -0.39 is 11.4 Å². The van der Waals surface area contributed by atoms with Crippen LogP contribution in [0.1, 0.15) is 62.8 Å². The molecule has 1 spiro atoms. The number of hydrogen-bond donors (Lipinski definition) is 1. The van der Waals surface area contributed by atoms with Crippen LogP contribution in [0.25, 0.3) is 0 Å². The average Bonchev–Trinajstić information content (AvgIpc) is 3.39. The summed E-state index contributed by atoms with van der Waals surface area (Å²) in [6.07, 6.45) is 6.57. The molecule has 3 unspecified atom stereocenters. The van der Waals surface area contributed by atoms with Crippen LogP contribution < -0.4 is 4.90 Å². The van der Waals surface area contributed by atoms with Crippen molar-refractivity contribution >= 4 is 11.5 Å². The van der Waals surface area contributed by atoms with E-state index in [1.165, 1.54) is 22.4 Å². The number of allylic oxidation sites excluding steroid dienone is 1. The Balaban J connectivity index is 1.44. The molecule has 1 heterocycles. The lowest BCUT2D eigenvalue weighted by Crippen LogP contribution is -2.52. The fourth-order valence-electron chi connectivity index (χ4n) is 7.69. The summed E-state index contributed by atoms with van der Waals surface area (Å²) in [6, 6.07) is 8.85. The molecule has 1 aliphatic heterocycles. The number of benzene rings is 1. The number of carbonyl (C=O) groups excluding carboxylic acids is 1. The van der Waals surface area contributed by atoms with Crippen LogP contribution in [0.15, 0.2) is 35.4 Å². The van der Waals surface area contributed by atoms with Gasteiger partial charge in [-0.15, -0.1) is 0 Å². The average molecular weight is 438 g/mol. The first-order valence-corrected chi connectivity index (χ1v) is 12.4. The predicted molar refractivity (Wildman–Crippen MR) is 123 cm³/mol. The Morgan fingerprint density at radius 3 is 2.47 bits per heavy atom. The molecule has 1 aromatic carbocycles. The number of ketones is 1. The van der Waals surface area contributed by atoms with Crippen LogP contribution in [0.2, 0.25) is 0 Å². The van der Waals surface area contributed by atoms with Gasteiger partial charge in [0.15, 0.2) is 5.79 Å². The molecule has 5 aliphatic rings. The first-order chi connectivity index (χ1) is 15.4. The van der Waals surface area contributed by atoms with Gasteiger partial charge in [0, 0.05) is 50.9 Å². The Bertz CT molecular complexity index is 945. The van der Waals surface area contributed by atoms with Gasteiger partial charge < -0.3 is 19.5 Å². The Hall–Kier alpha value is -1.69. The van der Waals surface area contributed by atoms with Crippen LogP contribution >= 0.6 is 0 Å². The molecular weight excluding hydrogens is 402 g/mol. The molecule has 1 N–H and O–H groups in total. The van der Waals surface area contributed by atoms with Gasteiger partial charge in [0.2, 0.25) is 0 Å². The van der Waals surface area contributed by atoms with E-state index >= 15 is 0 Å². The maximum absolute atomic E-state index is 12.8. The molecule has 5 atom stereocenters. The van der Waals surface area contributed by atoms with Gasteiger partial charge in [0.05, 0.1) is 18.8 Å². The molecule has 6 rings (SSSR count). The molecule has 0 bridgehead atoms. The second-order valence-electron chi connectivity index (χ2n) is 10.9. The molecule has 1 saturated heterocycles. The highest BCUT2D eigenvalue weighted by molar-refractivity contribution is 5.84. The minimum atomic E-state index is -0.842. The highest BCUT2D eigenvalue weighted by Crippen LogP contribution is 2.61. The number of hydrogen-bond acceptors (Lipinski definition) is 5. The van der Waals surface area contributed by atoms with E-state index in [2.05, 4.69) is 43.3 Å². The Morgan fingerprint density at radius 1 is 1.00 bits per heavy atom. The van der Waals surface area contributed by atoms with Crippen molar-refractivity contribution in [3.05, 3.63) is 41.0 Å². The lowest BCUT2D eigenvalue weighted by molar-refractivity contribution is -0.208. The number of carbonyl (C=O) groups is 1. The molecule has 4 fully saturated rings. The van der Waals surface area contributed by atoms with Crippen LogP contribution in [0.5, 0.6) is 0 Å². The van der Waals surface area contributed by atoms with E-state index in [1.807, 2.05) is 0 Å². The second kappa shape index (κ2) is 7.41. The molecule has 5 heteroatoms. The van der Waals surface area contributed by atoms with Crippen molar-refractivity contribution < 1.29 is 19.4 Å². The van der Waals surface area contributed by atoms with Gasteiger partial charge in [-0.25, -0.2) is 0 Å². The fourth-order valence-corrected chi connectivity index (χ4v) is 7.69. The van der Waals surface area contributed by atoms with Gasteiger partial charge in [-0.3, -0.25) is 4.79 Å². The van der Waals surface area contributed by atoms with Crippen molar-refractivity contribution in [3.8, 4) is 0 Å². The standard InChI is InChI=1S/C27H35NO4/c1-28(2)18-5-3-17(4-6-18)21-15-22-19(7-8-24(22)29)20-9-11-26(30)16-27(31-13-14-32-27)12-10-23(26)25(20)21/h3-6,19-22,30H,7-16H2,1-2H3/t19?,20?,21-,22?,26-/m1/s1. The number of fused-ring (bicyclic) bond motifs is 4. The Morgan fingerprint density at radius 2 is 1.75 bits per heavy atom. The fraction of sp³-hybridized carbons (Fsp3) is 0.667. The van der Waals surface area contributed by atoms with Crippen LogP contribution in [0.3, 0.4) is 0 Å². The lowest BCUT2D eigenvalue weighted by atomic mass is 9.55. The third kappa shape index (κ3) is 3.12. The van der Waals surface area contributed by atoms with Gasteiger partial charge in [-0.05, 0) is 67.2 Å². The second-order valence-corrected chi connectivity index (χ2v) is 10.9. The molecule has 4 aliphatic carbocycles. The maximum Gasteiger partial charge on any atom is 0.171 e. The van der Waals surface area contributed by atoms with Crippen molar-refractivity contribution in [2.24, 2.45) is 17.8 Å². The van der Waals surface area contributed by atoms with Crippen molar-refractivity contribution in [1.82, 2.24) is 0 Å². The molecule has 5 nitrogen and oxygen atoms in total. The van der Waals surface area contributed by atoms with Crippen LogP contribution in [-0.4, -0.2) is 49.6 Å². The zero-order valence-electron chi connectivity index (χ0n) is 19.3. The highest BCUT2D eigenvalue weighted by atomic mass is 16.7. The zero-order chi connectivity index (χ0) is 22.1. The van der Waals surface area contributed by atoms with E-state index in [0.29, 0.717) is 37.3 Å². The number of rotatable bonds is 2. The van der Waals surface area contributed by atoms with E-state index in [-0.39, 0.29) is 11.8 Å². The van der Waals surface area contributed by atoms with Gasteiger partial charge in [0.25, 0.3) is 0 Å². The predicted octanol–water partition coefficient (Wildman–Crippen LogP) is 4.20. The third-order valence-electron chi connectivity index (χ3n) is 9.16. The molecule has 0 amide bonds. The third-order valence-corrected chi connectivity index (χ3v) is 9.16. The minimum absolute atomic E-state index is 0.186. The summed E-state index contributed by atoms with van der Waals surface area (Å²) in [7, 11) is 4.12. The summed E-state index contributed by atoms with van der Waals surface area (Å²) in [5.41, 5.74) is 4.34. The Kier molecular flexibility index (Phi) is 4.84. The van der Waals surface area contributed by atoms with Gasteiger partial charge in [-0.1, -0.05) is 17.7 Å². The number of ether oxygens (including phenoxy) is 2. The Labute approximate surface area is 190 Å². The topological polar surface area (TPSA) is 59.0 Å². The molecule has 172 valence electrons. The van der Waals surface area contributed by atoms with Crippen molar-refractivity contribution in [3.63, 3.8) is 0 Å². The van der Waals surface area contributed by atoms with Crippen molar-refractivity contribution in [2.45, 2.75) is 68.7 Å². The number of Topliss-reactive ketones (excluding diaryl/α,β-unsaturated/α-hetero) is 1. The number of nitrogens with zero attached hydrogens (tertiary/aromatic N) is 1. The van der Waals surface area contributed by atoms with Crippen molar-refractivity contribution in [2.75, 3.05) is 32.2 Å². The normalized spacial score (nSPS) is 37.9. The molecular formula is C27H35NO4. The highest BCUT2D eigenvalue weighted by Gasteiger charge is 2.57. The van der Waals surface area contributed by atoms with E-state index in [0.717, 1.165) is 44.9 Å². The molecule has 3 saturated carbocycles. The summed E-state index contributed by atoms with van der Waals surface area (Å²) in [5, 5.41) is 11.9. The number of aliphatic hydroxyl groups is 1. The van der Waals surface area contributed by atoms with Crippen LogP contribution in [0, 0.1) is 17.8 Å². The molecule has 0 aromatic heterocycles. The van der Waals surface area contributed by atoms with Crippen LogP contribution in [-0.2, 0) is 14.3 Å². The smallest absolute Gasteiger partial charge is 0.171 e. The summed E-state index contributed by atoms with van der Waals surface area (Å²) in [5.74, 6) is 1.15. The van der Waals surface area contributed by atoms with Gasteiger partial charge in [-0.2, -0.15) is 0 Å². The van der Waals surface area contributed by atoms with E-state index in [1.54, 1.807) is 0 Å². The zero-order valence-corrected chi connectivity index (χ0v) is 19.3. The SMILES string of the molecule is CN(C)c1ccc([C@H]2CC3C(=O)CCC3C3CC[C@@]4(O)CC5(CCC4=C32)OCCO5)cc1. The molecule has 1 aromatic rings. The van der Waals surface area contributed by atoms with E-state index in [4.69, 9.17) is 9.47 Å². The number of anilines is 1. The monoisotopic (exact) mass is 437 g/mol. The van der Waals surface area contributed by atoms with E-state index in [9.17, 15) is 9.90 Å². The maximum atomic E-state index is 12.8. The minimum Gasteiger partial charge on any atom is -0.385 e. The summed E-state index contributed by atoms with van der Waals surface area (Å²) in [6.45, 7) is 1.24. The first-order valence-electron chi connectivity index (χ1n) is 12.4. The first kappa shape index (κ1) is 20.9. The molecule has 32 heavy (non-hydrogen) atoms. The molecule has 0 radical (unpaired) electrons. The summed E-state index contributed by atoms with van der Waals surface area (Å²) >= 11 is 0. The summed E-state index contributed by atoms with van der Waals surface area (Å²) < 4.78 is 12.0. The van der Waals surface area contributed by atoms with Crippen LogP contribution in [0.4, 0.5) is 5.69 Å². The van der Waals surface area contributed by atoms with Gasteiger partial charge >= 0.3 is 0 Å². The largest absolute Gasteiger partial charge is 0.385 e. The quantitative estimate of drug-likeness (QED) is 0.703. The lowest BCUT2D eigenvalue weighted by Gasteiger charge is -2.53. The van der Waals surface area contributed by atoms with Gasteiger partial charge in [0.1, 0.15) is 5.78 Å².